The fraction of sp³-hybridized carbons (Fsp3) is 0.267. The molecule has 23 heavy (non-hydrogen) atoms. The minimum absolute atomic E-state index is 0.00441. The van der Waals surface area contributed by atoms with Gasteiger partial charge in [-0.3, -0.25) is 0 Å². The van der Waals surface area contributed by atoms with Crippen molar-refractivity contribution in [2.24, 2.45) is 0 Å². The molecule has 0 radical (unpaired) electrons. The normalized spacial score (nSPS) is 10.8. The summed E-state index contributed by atoms with van der Waals surface area (Å²) in [6.07, 6.45) is 1.18. The molecule has 8 heteroatoms. The van der Waals surface area contributed by atoms with Gasteiger partial charge < -0.3 is 9.15 Å². The van der Waals surface area contributed by atoms with Crippen LogP contribution in [0, 0.1) is 29.1 Å². The highest BCUT2D eigenvalue weighted by Gasteiger charge is 2.25. The van der Waals surface area contributed by atoms with Crippen LogP contribution >= 0.6 is 0 Å². The third-order valence-electron chi connectivity index (χ3n) is 3.08. The van der Waals surface area contributed by atoms with E-state index in [0.717, 1.165) is 0 Å². The van der Waals surface area contributed by atoms with Gasteiger partial charge in [0.2, 0.25) is 11.6 Å². The van der Waals surface area contributed by atoms with Crippen molar-refractivity contribution in [3.8, 4) is 0 Å². The number of carbonyl (C=O) groups is 1. The molecular formula is C15H11F5O3. The van der Waals surface area contributed by atoms with Crippen molar-refractivity contribution in [2.45, 2.75) is 19.3 Å². The molecule has 0 bridgehead atoms. The zero-order valence-corrected chi connectivity index (χ0v) is 11.7. The maximum Gasteiger partial charge on any atom is 0.374 e. The molecule has 2 aromatic rings. The standard InChI is InChI=1S/C15H11F5O3/c16-10-8(11(17)13(19)14(20)12(10)18)4-1-2-6-23-15(21)9-5-3-7-22-9/h3,5,7H,1-2,4,6H2. The van der Waals surface area contributed by atoms with Crippen molar-refractivity contribution >= 4 is 5.97 Å². The van der Waals surface area contributed by atoms with E-state index in [1.165, 1.54) is 18.4 Å². The first-order valence-electron chi connectivity index (χ1n) is 6.64. The van der Waals surface area contributed by atoms with Gasteiger partial charge in [-0.15, -0.1) is 0 Å². The van der Waals surface area contributed by atoms with E-state index in [1.54, 1.807) is 0 Å². The van der Waals surface area contributed by atoms with E-state index < -0.39 is 40.6 Å². The highest BCUT2D eigenvalue weighted by molar-refractivity contribution is 5.86. The molecule has 0 aliphatic carbocycles. The highest BCUT2D eigenvalue weighted by atomic mass is 19.2. The molecule has 0 amide bonds. The van der Waals surface area contributed by atoms with Crippen molar-refractivity contribution in [1.29, 1.82) is 0 Å². The van der Waals surface area contributed by atoms with E-state index in [9.17, 15) is 26.7 Å². The molecule has 0 atom stereocenters. The van der Waals surface area contributed by atoms with Crippen LogP contribution < -0.4 is 0 Å². The molecule has 2 rings (SSSR count). The summed E-state index contributed by atoms with van der Waals surface area (Å²) < 4.78 is 75.3. The van der Waals surface area contributed by atoms with Gasteiger partial charge in [0.25, 0.3) is 0 Å². The largest absolute Gasteiger partial charge is 0.460 e. The van der Waals surface area contributed by atoms with Gasteiger partial charge in [0, 0.05) is 5.56 Å². The van der Waals surface area contributed by atoms with Crippen LogP contribution in [0.25, 0.3) is 0 Å². The number of unbranched alkanes of at least 4 members (excludes halogenated alkanes) is 1. The summed E-state index contributed by atoms with van der Waals surface area (Å²) in [5.41, 5.74) is -0.876. The molecule has 1 aromatic carbocycles. The van der Waals surface area contributed by atoms with E-state index in [-0.39, 0.29) is 31.6 Å². The van der Waals surface area contributed by atoms with Gasteiger partial charge in [-0.1, -0.05) is 0 Å². The summed E-state index contributed by atoms with van der Waals surface area (Å²) >= 11 is 0. The molecule has 0 fully saturated rings. The Balaban J connectivity index is 1.86. The second-order valence-electron chi connectivity index (χ2n) is 4.62. The molecule has 0 aliphatic heterocycles. The first-order chi connectivity index (χ1) is 10.9. The Morgan fingerprint density at radius 2 is 1.57 bits per heavy atom. The predicted octanol–water partition coefficient (Wildman–Crippen LogP) is 4.15. The Morgan fingerprint density at radius 3 is 2.13 bits per heavy atom. The molecule has 0 spiro atoms. The molecule has 1 heterocycles. The first-order valence-corrected chi connectivity index (χ1v) is 6.64. The smallest absolute Gasteiger partial charge is 0.374 e. The molecule has 0 aliphatic rings. The predicted molar refractivity (Wildman–Crippen MR) is 68.2 cm³/mol. The fourth-order valence-electron chi connectivity index (χ4n) is 1.90. The number of hydrogen-bond donors (Lipinski definition) is 0. The Hall–Kier alpha value is -2.38. The number of furan rings is 1. The lowest BCUT2D eigenvalue weighted by molar-refractivity contribution is 0.0462. The number of halogens is 5. The highest BCUT2D eigenvalue weighted by Crippen LogP contribution is 2.24. The zero-order chi connectivity index (χ0) is 17.0. The van der Waals surface area contributed by atoms with Crippen LogP contribution in [0.2, 0.25) is 0 Å². The maximum atomic E-state index is 13.4. The van der Waals surface area contributed by atoms with Crippen molar-refractivity contribution in [1.82, 2.24) is 0 Å². The molecule has 0 unspecified atom stereocenters. The quantitative estimate of drug-likeness (QED) is 0.262. The Kier molecular flexibility index (Phi) is 5.36. The summed E-state index contributed by atoms with van der Waals surface area (Å²) in [6.45, 7) is -0.0745. The van der Waals surface area contributed by atoms with Crippen LogP contribution in [-0.4, -0.2) is 12.6 Å². The number of hydrogen-bond acceptors (Lipinski definition) is 3. The van der Waals surface area contributed by atoms with Crippen LogP contribution in [0.4, 0.5) is 22.0 Å². The van der Waals surface area contributed by atoms with Crippen LogP contribution in [0.3, 0.4) is 0 Å². The molecular weight excluding hydrogens is 323 g/mol. The summed E-state index contributed by atoms with van der Waals surface area (Å²) in [7, 11) is 0. The molecule has 1 aromatic heterocycles. The van der Waals surface area contributed by atoms with Gasteiger partial charge in [-0.2, -0.15) is 0 Å². The van der Waals surface area contributed by atoms with E-state index in [2.05, 4.69) is 0 Å². The lowest BCUT2D eigenvalue weighted by atomic mass is 10.1. The number of rotatable bonds is 6. The summed E-state index contributed by atoms with van der Waals surface area (Å²) in [5, 5.41) is 0. The van der Waals surface area contributed by atoms with Crippen LogP contribution in [0.15, 0.2) is 22.8 Å². The number of benzene rings is 1. The summed E-state index contributed by atoms with van der Waals surface area (Å²) in [6, 6.07) is 2.90. The van der Waals surface area contributed by atoms with Crippen LogP contribution in [-0.2, 0) is 11.2 Å². The average molecular weight is 334 g/mol. The van der Waals surface area contributed by atoms with Crippen molar-refractivity contribution < 1.29 is 35.9 Å². The van der Waals surface area contributed by atoms with E-state index in [1.807, 2.05) is 0 Å². The lowest BCUT2D eigenvalue weighted by Gasteiger charge is -2.08. The average Bonchev–Trinajstić information content (AvgIpc) is 3.08. The molecule has 124 valence electrons. The van der Waals surface area contributed by atoms with Crippen molar-refractivity contribution in [3.63, 3.8) is 0 Å². The third-order valence-corrected chi connectivity index (χ3v) is 3.08. The first kappa shape index (κ1) is 17.0. The van der Waals surface area contributed by atoms with E-state index in [4.69, 9.17) is 9.15 Å². The van der Waals surface area contributed by atoms with Gasteiger partial charge >= 0.3 is 5.97 Å². The van der Waals surface area contributed by atoms with E-state index in [0.29, 0.717) is 0 Å². The van der Waals surface area contributed by atoms with Gasteiger partial charge in [-0.25, -0.2) is 26.7 Å². The van der Waals surface area contributed by atoms with Crippen molar-refractivity contribution in [2.75, 3.05) is 6.61 Å². The molecule has 0 N–H and O–H groups in total. The van der Waals surface area contributed by atoms with Gasteiger partial charge in [0.05, 0.1) is 12.9 Å². The number of esters is 1. The topological polar surface area (TPSA) is 39.4 Å². The molecule has 0 saturated heterocycles. The fourth-order valence-corrected chi connectivity index (χ4v) is 1.90. The monoisotopic (exact) mass is 334 g/mol. The maximum absolute atomic E-state index is 13.4. The molecule has 3 nitrogen and oxygen atoms in total. The second kappa shape index (κ2) is 7.26. The third kappa shape index (κ3) is 3.69. The molecule has 0 saturated carbocycles. The Labute approximate surface area is 127 Å². The minimum atomic E-state index is -2.18. The number of carbonyl (C=O) groups excluding carboxylic acids is 1. The van der Waals surface area contributed by atoms with Gasteiger partial charge in [0.1, 0.15) is 0 Å². The minimum Gasteiger partial charge on any atom is -0.460 e. The zero-order valence-electron chi connectivity index (χ0n) is 11.7. The van der Waals surface area contributed by atoms with Gasteiger partial charge in [-0.05, 0) is 31.4 Å². The summed E-state index contributed by atoms with van der Waals surface area (Å²) in [4.78, 5) is 11.4. The van der Waals surface area contributed by atoms with E-state index >= 15 is 0 Å². The SMILES string of the molecule is O=C(OCCCCc1c(F)c(F)c(F)c(F)c1F)c1ccco1. The lowest BCUT2D eigenvalue weighted by Crippen LogP contribution is -2.08. The van der Waals surface area contributed by atoms with Crippen molar-refractivity contribution in [3.05, 3.63) is 58.8 Å². The second-order valence-corrected chi connectivity index (χ2v) is 4.62. The number of ether oxygens (including phenoxy) is 1. The van der Waals surface area contributed by atoms with Crippen LogP contribution in [0.5, 0.6) is 0 Å². The van der Waals surface area contributed by atoms with Crippen LogP contribution in [0.1, 0.15) is 29.0 Å². The Bertz CT molecular complexity index is 669. The summed E-state index contributed by atoms with van der Waals surface area (Å²) in [5.74, 6) is -10.5. The Morgan fingerprint density at radius 1 is 0.957 bits per heavy atom. The van der Waals surface area contributed by atoms with Gasteiger partial charge in [0.15, 0.2) is 23.3 Å².